The summed E-state index contributed by atoms with van der Waals surface area (Å²) >= 11 is 0. The topological polar surface area (TPSA) is 78.6 Å². The Hall–Kier alpha value is -1.10. The zero-order chi connectivity index (χ0) is 9.03. The third kappa shape index (κ3) is 2.50. The average molecular weight is 173 g/mol. The minimum absolute atomic E-state index is 0.0438. The number of carbonyl (C=O) groups is 2. The fourth-order valence-electron chi connectivity index (χ4n) is 0.883. The van der Waals surface area contributed by atoms with Gasteiger partial charge in [-0.15, -0.1) is 0 Å². The number of amides is 1. The Kier molecular flexibility index (Phi) is 2.65. The van der Waals surface area contributed by atoms with Gasteiger partial charge in [0.05, 0.1) is 0 Å². The van der Waals surface area contributed by atoms with Gasteiger partial charge in [-0.1, -0.05) is 0 Å². The van der Waals surface area contributed by atoms with Crippen molar-refractivity contribution in [3.05, 3.63) is 0 Å². The predicted molar refractivity (Wildman–Crippen MR) is 39.5 cm³/mol. The lowest BCUT2D eigenvalue weighted by Gasteiger charge is -2.13. The van der Waals surface area contributed by atoms with E-state index in [1.165, 1.54) is 0 Å². The first kappa shape index (κ1) is 8.99. The van der Waals surface area contributed by atoms with Crippen LogP contribution in [0.3, 0.4) is 0 Å². The van der Waals surface area contributed by atoms with E-state index in [2.05, 4.69) is 4.74 Å². The third-order valence-electron chi connectivity index (χ3n) is 1.74. The standard InChI is InChI=1S/C7H11NO4/c8-6(10)11-5-7(1-2-7)12-4-3-9/h3H,1-2,4-5H2,(H2,8,10). The van der Waals surface area contributed by atoms with E-state index < -0.39 is 11.7 Å². The fraction of sp³-hybridized carbons (Fsp3) is 0.714. The van der Waals surface area contributed by atoms with Crippen molar-refractivity contribution in [2.75, 3.05) is 13.2 Å². The van der Waals surface area contributed by atoms with Gasteiger partial charge >= 0.3 is 6.09 Å². The van der Waals surface area contributed by atoms with Gasteiger partial charge in [0, 0.05) is 0 Å². The molecule has 0 saturated heterocycles. The summed E-state index contributed by atoms with van der Waals surface area (Å²) in [4.78, 5) is 20.2. The number of ether oxygens (including phenoxy) is 2. The summed E-state index contributed by atoms with van der Waals surface area (Å²) in [6.07, 6.45) is 1.49. The molecule has 0 aliphatic heterocycles. The van der Waals surface area contributed by atoms with Gasteiger partial charge in [-0.05, 0) is 12.8 Å². The van der Waals surface area contributed by atoms with E-state index in [0.717, 1.165) is 12.8 Å². The van der Waals surface area contributed by atoms with Gasteiger partial charge < -0.3 is 20.0 Å². The molecule has 12 heavy (non-hydrogen) atoms. The van der Waals surface area contributed by atoms with E-state index in [1.54, 1.807) is 0 Å². The summed E-state index contributed by atoms with van der Waals surface area (Å²) in [5.41, 5.74) is 4.35. The predicted octanol–water partition coefficient (Wildman–Crippen LogP) is -0.170. The molecule has 0 unspecified atom stereocenters. The molecule has 1 aliphatic carbocycles. The normalized spacial score (nSPS) is 18.3. The molecule has 2 N–H and O–H groups in total. The molecule has 0 bridgehead atoms. The Morgan fingerprint density at radius 3 is 2.67 bits per heavy atom. The third-order valence-corrected chi connectivity index (χ3v) is 1.74. The number of aldehydes is 1. The molecule has 68 valence electrons. The van der Waals surface area contributed by atoms with Gasteiger partial charge in [-0.25, -0.2) is 4.79 Å². The van der Waals surface area contributed by atoms with E-state index in [0.29, 0.717) is 6.29 Å². The second kappa shape index (κ2) is 3.53. The van der Waals surface area contributed by atoms with Crippen LogP contribution in [-0.4, -0.2) is 31.2 Å². The zero-order valence-corrected chi connectivity index (χ0v) is 6.62. The average Bonchev–Trinajstić information content (AvgIpc) is 2.79. The van der Waals surface area contributed by atoms with Crippen LogP contribution in [0.1, 0.15) is 12.8 Å². The van der Waals surface area contributed by atoms with Crippen LogP contribution in [0, 0.1) is 0 Å². The molecule has 1 fully saturated rings. The summed E-state index contributed by atoms with van der Waals surface area (Å²) in [7, 11) is 0. The van der Waals surface area contributed by atoms with Crippen LogP contribution in [0.2, 0.25) is 0 Å². The number of hydrogen-bond acceptors (Lipinski definition) is 4. The highest BCUT2D eigenvalue weighted by Crippen LogP contribution is 2.39. The summed E-state index contributed by atoms with van der Waals surface area (Å²) < 4.78 is 9.70. The molecule has 1 amide bonds. The maximum atomic E-state index is 10.2. The Bertz CT molecular complexity index is 188. The Morgan fingerprint density at radius 1 is 1.58 bits per heavy atom. The molecular formula is C7H11NO4. The van der Waals surface area contributed by atoms with Crippen LogP contribution in [0.5, 0.6) is 0 Å². The minimum atomic E-state index is -0.809. The van der Waals surface area contributed by atoms with Gasteiger partial charge in [0.1, 0.15) is 25.1 Å². The van der Waals surface area contributed by atoms with Crippen molar-refractivity contribution < 1.29 is 19.1 Å². The number of carbonyl (C=O) groups excluding carboxylic acids is 2. The van der Waals surface area contributed by atoms with Crippen LogP contribution in [0.25, 0.3) is 0 Å². The Morgan fingerprint density at radius 2 is 2.25 bits per heavy atom. The molecule has 0 spiro atoms. The highest BCUT2D eigenvalue weighted by molar-refractivity contribution is 5.64. The van der Waals surface area contributed by atoms with Gasteiger partial charge in [0.25, 0.3) is 0 Å². The minimum Gasteiger partial charge on any atom is -0.447 e. The van der Waals surface area contributed by atoms with Crippen molar-refractivity contribution in [1.82, 2.24) is 0 Å². The lowest BCUT2D eigenvalue weighted by Crippen LogP contribution is -2.26. The zero-order valence-electron chi connectivity index (χ0n) is 6.62. The first-order chi connectivity index (χ1) is 5.68. The van der Waals surface area contributed by atoms with Crippen molar-refractivity contribution in [3.8, 4) is 0 Å². The van der Waals surface area contributed by atoms with Crippen molar-refractivity contribution in [2.45, 2.75) is 18.4 Å². The van der Waals surface area contributed by atoms with E-state index in [1.807, 2.05) is 0 Å². The first-order valence-electron chi connectivity index (χ1n) is 3.68. The molecule has 5 heteroatoms. The smallest absolute Gasteiger partial charge is 0.404 e. The van der Waals surface area contributed by atoms with Crippen molar-refractivity contribution in [2.24, 2.45) is 5.73 Å². The van der Waals surface area contributed by atoms with Gasteiger partial charge in [0.2, 0.25) is 0 Å². The summed E-state index contributed by atoms with van der Waals surface area (Å²) in [6.45, 7) is 0.193. The molecule has 0 atom stereocenters. The number of nitrogens with two attached hydrogens (primary N) is 1. The lowest BCUT2D eigenvalue weighted by molar-refractivity contribution is -0.115. The largest absolute Gasteiger partial charge is 0.447 e. The van der Waals surface area contributed by atoms with E-state index >= 15 is 0 Å². The van der Waals surface area contributed by atoms with Crippen molar-refractivity contribution in [3.63, 3.8) is 0 Å². The number of primary amides is 1. The molecule has 1 saturated carbocycles. The molecule has 0 heterocycles. The monoisotopic (exact) mass is 173 g/mol. The molecule has 0 aromatic rings. The first-order valence-corrected chi connectivity index (χ1v) is 3.68. The van der Waals surface area contributed by atoms with Crippen LogP contribution < -0.4 is 5.73 Å². The van der Waals surface area contributed by atoms with Gasteiger partial charge in [-0.3, -0.25) is 0 Å². The van der Waals surface area contributed by atoms with Crippen molar-refractivity contribution in [1.29, 1.82) is 0 Å². The Balaban J connectivity index is 2.20. The van der Waals surface area contributed by atoms with Crippen LogP contribution in [0.15, 0.2) is 0 Å². The quantitative estimate of drug-likeness (QED) is 0.585. The van der Waals surface area contributed by atoms with E-state index in [-0.39, 0.29) is 13.2 Å². The molecule has 0 radical (unpaired) electrons. The van der Waals surface area contributed by atoms with E-state index in [9.17, 15) is 9.59 Å². The molecule has 5 nitrogen and oxygen atoms in total. The van der Waals surface area contributed by atoms with Crippen LogP contribution in [-0.2, 0) is 14.3 Å². The molecular weight excluding hydrogens is 162 g/mol. The second-order valence-corrected chi connectivity index (χ2v) is 2.77. The SMILES string of the molecule is NC(=O)OCC1(OCC=O)CC1. The maximum Gasteiger partial charge on any atom is 0.404 e. The second-order valence-electron chi connectivity index (χ2n) is 2.77. The molecule has 1 aliphatic rings. The number of hydrogen-bond donors (Lipinski definition) is 1. The summed E-state index contributed by atoms with van der Waals surface area (Å²) in [5, 5.41) is 0. The highest BCUT2D eigenvalue weighted by atomic mass is 16.6. The molecule has 0 aromatic carbocycles. The van der Waals surface area contributed by atoms with Crippen molar-refractivity contribution >= 4 is 12.4 Å². The van der Waals surface area contributed by atoms with Gasteiger partial charge in [-0.2, -0.15) is 0 Å². The van der Waals surface area contributed by atoms with Crippen LogP contribution >= 0.6 is 0 Å². The van der Waals surface area contributed by atoms with E-state index in [4.69, 9.17) is 10.5 Å². The molecule has 0 aromatic heterocycles. The fourth-order valence-corrected chi connectivity index (χ4v) is 0.883. The Labute approximate surface area is 69.8 Å². The highest BCUT2D eigenvalue weighted by Gasteiger charge is 2.45. The lowest BCUT2D eigenvalue weighted by atomic mass is 10.4. The van der Waals surface area contributed by atoms with Crippen LogP contribution in [0.4, 0.5) is 4.79 Å². The summed E-state index contributed by atoms with van der Waals surface area (Å²) in [5.74, 6) is 0. The maximum absolute atomic E-state index is 10.2. The van der Waals surface area contributed by atoms with Gasteiger partial charge in [0.15, 0.2) is 0 Å². The number of rotatable bonds is 5. The molecule has 1 rings (SSSR count). The summed E-state index contributed by atoms with van der Waals surface area (Å²) in [6, 6.07) is 0.